The van der Waals surface area contributed by atoms with Crippen LogP contribution < -0.4 is 10.9 Å². The van der Waals surface area contributed by atoms with Gasteiger partial charge in [-0.05, 0) is 58.5 Å². The van der Waals surface area contributed by atoms with E-state index in [4.69, 9.17) is 37.7 Å². The second kappa shape index (κ2) is 8.63. The maximum Gasteiger partial charge on any atom is 0.293 e. The smallest absolute Gasteiger partial charge is 0.293 e. The summed E-state index contributed by atoms with van der Waals surface area (Å²) in [4.78, 5) is 26.5. The molecule has 2 N–H and O–H groups in total. The first kappa shape index (κ1) is 7.04. The molecule has 0 aromatic carbocycles. The molecule has 1 aliphatic rings. The zero-order chi connectivity index (χ0) is 36.1. The van der Waals surface area contributed by atoms with Crippen LogP contribution in [0.2, 0.25) is 5.75 Å². The number of hydrogen-bond donors (Lipinski definition) is 2. The molecule has 0 radical (unpaired) electrons. The van der Waals surface area contributed by atoms with Crippen molar-refractivity contribution in [1.82, 2.24) is 14.8 Å². The molecule has 3 heterocycles. The number of amides is 1. The molecule has 1 aliphatic heterocycles. The normalized spacial score (nSPS) is 40.0. The van der Waals surface area contributed by atoms with Gasteiger partial charge in [0.25, 0.3) is 12.9 Å². The van der Waals surface area contributed by atoms with Crippen molar-refractivity contribution in [1.29, 1.82) is 1.43 Å². The Morgan fingerprint density at radius 1 is 1.67 bits per heavy atom. The Kier molecular flexibility index (Phi) is 2.25. The highest BCUT2D eigenvalue weighted by atomic mass is 35.5. The number of pyridine rings is 1. The molecule has 3 unspecified atom stereocenters. The van der Waals surface area contributed by atoms with Crippen LogP contribution in [-0.4, -0.2) is 47.9 Å². The highest BCUT2D eigenvalue weighted by Gasteiger charge is 2.24. The maximum absolute atomic E-state index is 13.7. The number of fused-ring (bicyclic) bond motifs is 1. The van der Waals surface area contributed by atoms with Crippen molar-refractivity contribution >= 4 is 39.1 Å². The summed E-state index contributed by atoms with van der Waals surface area (Å²) in [5.41, 5.74) is -2.91. The highest BCUT2D eigenvalue weighted by molar-refractivity contribution is 7.22. The molecule has 1 saturated heterocycles. The second-order valence-corrected chi connectivity index (χ2v) is 6.72. The van der Waals surface area contributed by atoms with Gasteiger partial charge in [-0.2, -0.15) is 0 Å². The molecule has 1 amide bonds. The molecule has 0 aliphatic carbocycles. The van der Waals surface area contributed by atoms with Crippen LogP contribution in [0.4, 0.5) is 0 Å². The van der Waals surface area contributed by atoms with Crippen LogP contribution >= 0.6 is 22.9 Å². The van der Waals surface area contributed by atoms with Crippen LogP contribution in [0.3, 0.4) is 0 Å². The van der Waals surface area contributed by atoms with Gasteiger partial charge in [0.15, 0.2) is 1.41 Å². The number of rotatable bonds is 7. The zero-order valence-corrected chi connectivity index (χ0v) is 15.3. The summed E-state index contributed by atoms with van der Waals surface area (Å²) in [7, 11) is 0. The van der Waals surface area contributed by atoms with E-state index in [1.54, 1.807) is 0 Å². The molecular weight excluding hydrogens is 386 g/mol. The minimum absolute atomic E-state index is 0.286. The fraction of sp³-hybridized carbons (Fsp3) is 0.579. The third-order valence-corrected chi connectivity index (χ3v) is 4.51. The highest BCUT2D eigenvalue weighted by Crippen LogP contribution is 2.36. The van der Waals surface area contributed by atoms with Gasteiger partial charge in [0.05, 0.1) is 12.5 Å². The van der Waals surface area contributed by atoms with Gasteiger partial charge in [-0.25, -0.2) is 0 Å². The largest absolute Gasteiger partial charge is 0.506 e. The zero-order valence-electron chi connectivity index (χ0n) is 32.7. The van der Waals surface area contributed by atoms with E-state index in [0.29, 0.717) is 11.3 Å². The van der Waals surface area contributed by atoms with E-state index >= 15 is 0 Å². The summed E-state index contributed by atoms with van der Waals surface area (Å²) in [5, 5.41) is 3.57. The van der Waals surface area contributed by atoms with Crippen molar-refractivity contribution in [2.75, 3.05) is 26.0 Å². The number of halogens is 1. The molecule has 2 aromatic heterocycles. The fourth-order valence-electron chi connectivity index (χ4n) is 2.22. The summed E-state index contributed by atoms with van der Waals surface area (Å²) in [6, 6.07) is -3.48. The summed E-state index contributed by atoms with van der Waals surface area (Å²) in [6.45, 7) is -14.8. The van der Waals surface area contributed by atoms with E-state index in [0.717, 1.165) is 6.92 Å². The number of nitrogens with one attached hydrogen (secondary N) is 1. The number of hydrogen-bond acceptors (Lipinski definition) is 5. The molecule has 6 nitrogen and oxygen atoms in total. The molecule has 8 heteroatoms. The molecule has 1 fully saturated rings. The van der Waals surface area contributed by atoms with E-state index in [-0.39, 0.29) is 19.1 Å². The third kappa shape index (κ3) is 4.31. The molecule has 0 spiro atoms. The molecule has 3 rings (SSSR count). The van der Waals surface area contributed by atoms with Crippen LogP contribution in [0.5, 0.6) is 5.75 Å². The van der Waals surface area contributed by atoms with Crippen molar-refractivity contribution < 1.29 is 34.6 Å². The SMILES string of the molecule is [2H]Oc1c(C(=O)N([2H])C([2H])CC([2H])N2C([2H])([2H])C([2H])([2H])C([2H])([2H])C([2H])([2H])C2([2H])[2H])c(=O)n(C([2H])(C)C([2H])([2H])[2H])c2sc(Cl)c([2H])c12. The van der Waals surface area contributed by atoms with Gasteiger partial charge in [0.2, 0.25) is 0 Å². The Morgan fingerprint density at radius 3 is 3.15 bits per heavy atom. The Hall–Kier alpha value is -1.57. The third-order valence-electron chi connectivity index (χ3n) is 3.33. The lowest BCUT2D eigenvalue weighted by Gasteiger charge is -2.26. The number of thiophene rings is 1. The average Bonchev–Trinajstić information content (AvgIpc) is 3.17. The minimum atomic E-state index is -3.79. The van der Waals surface area contributed by atoms with Gasteiger partial charge in [-0.15, -0.1) is 11.3 Å². The fourth-order valence-corrected chi connectivity index (χ4v) is 3.42. The average molecular weight is 431 g/mol. The molecular formula is C19H26ClN3O3S. The number of aromatic hydroxyl groups is 1. The van der Waals surface area contributed by atoms with Crippen molar-refractivity contribution in [3.63, 3.8) is 0 Å². The number of carbonyl (C=O) groups excluding carboxylic acids is 1. The minimum Gasteiger partial charge on any atom is -0.506 e. The van der Waals surface area contributed by atoms with Gasteiger partial charge < -0.3 is 15.3 Å². The van der Waals surface area contributed by atoms with E-state index < -0.39 is 103 Å². The second-order valence-electron chi connectivity index (χ2n) is 5.11. The summed E-state index contributed by atoms with van der Waals surface area (Å²) >= 11 is 6.48. The Morgan fingerprint density at radius 2 is 2.44 bits per heavy atom. The van der Waals surface area contributed by atoms with Crippen LogP contribution in [0.15, 0.2) is 10.8 Å². The van der Waals surface area contributed by atoms with Gasteiger partial charge in [-0.1, -0.05) is 18.0 Å². The number of aromatic nitrogens is 1. The van der Waals surface area contributed by atoms with Crippen LogP contribution in [0, 0.1) is 0 Å². The number of carbonyl (C=O) groups is 1. The van der Waals surface area contributed by atoms with E-state index in [1.165, 1.54) is 0 Å². The Balaban J connectivity index is 2.16. The summed E-state index contributed by atoms with van der Waals surface area (Å²) < 4.78 is 153. The Bertz CT molecular complexity index is 1580. The lowest BCUT2D eigenvalue weighted by Crippen LogP contribution is -2.36. The first-order valence-corrected chi connectivity index (χ1v) is 8.58. The molecule has 0 bridgehead atoms. The topological polar surface area (TPSA) is 74.6 Å². The predicted molar refractivity (Wildman–Crippen MR) is 110 cm³/mol. The van der Waals surface area contributed by atoms with Gasteiger partial charge in [0, 0.05) is 33.1 Å². The first-order chi connectivity index (χ1) is 20.4. The van der Waals surface area contributed by atoms with E-state index in [9.17, 15) is 9.59 Å². The van der Waals surface area contributed by atoms with Gasteiger partial charge in [0.1, 0.15) is 16.1 Å². The monoisotopic (exact) mass is 430 g/mol. The van der Waals surface area contributed by atoms with E-state index in [2.05, 4.69) is 5.11 Å². The van der Waals surface area contributed by atoms with E-state index in [1.807, 2.05) is 0 Å². The standard InChI is InChI=1S/C19H26ClN3O3S/c1-12(2)23-18(26)15(16(24)13-11-14(20)27-19(13)23)17(25)21-7-6-10-22-8-4-3-5-9-22/h11-12,24H,3-10H2,1-2H3,(H,21,25)/i1D3,3D2,4D2,5D2,7D,8D2,9D2,10D,11D,12D/hD2. The van der Waals surface area contributed by atoms with Gasteiger partial charge >= 0.3 is 0 Å². The molecule has 148 valence electrons. The predicted octanol–water partition coefficient (Wildman–Crippen LogP) is 3.61. The lowest BCUT2D eigenvalue weighted by molar-refractivity contribution is 0.0946. The van der Waals surface area contributed by atoms with Crippen LogP contribution in [0.25, 0.3) is 10.2 Å². The molecule has 2 aromatic rings. The van der Waals surface area contributed by atoms with Crippen molar-refractivity contribution in [3.05, 3.63) is 26.3 Å². The molecule has 3 atom stereocenters. The number of nitrogens with zero attached hydrogens (tertiary/aromatic N) is 2. The Labute approximate surface area is 194 Å². The van der Waals surface area contributed by atoms with Crippen molar-refractivity contribution in [2.45, 2.75) is 45.3 Å². The van der Waals surface area contributed by atoms with Gasteiger partial charge in [-0.3, -0.25) is 14.2 Å². The molecule has 27 heavy (non-hydrogen) atoms. The molecule has 0 saturated carbocycles. The number of piperidine rings is 1. The quantitative estimate of drug-likeness (QED) is 0.703. The van der Waals surface area contributed by atoms with Crippen LogP contribution in [-0.2, 0) is 0 Å². The summed E-state index contributed by atoms with van der Waals surface area (Å²) in [6.07, 6.45) is -12.6. The number of likely N-dealkylation sites (tertiary alicyclic amines) is 1. The lowest BCUT2D eigenvalue weighted by atomic mass is 10.1. The maximum atomic E-state index is 13.7. The van der Waals surface area contributed by atoms with Crippen LogP contribution in [0.1, 0.15) is 79.0 Å². The summed E-state index contributed by atoms with van der Waals surface area (Å²) in [5.74, 6) is -2.79. The first-order valence-electron chi connectivity index (χ1n) is 16.9. The van der Waals surface area contributed by atoms with Crippen molar-refractivity contribution in [3.8, 4) is 5.75 Å². The van der Waals surface area contributed by atoms with Crippen molar-refractivity contribution in [2.24, 2.45) is 0 Å².